The Morgan fingerprint density at radius 3 is 2.32 bits per heavy atom. The zero-order chi connectivity index (χ0) is 22.0. The van der Waals surface area contributed by atoms with Crippen LogP contribution in [0.15, 0.2) is 53.4 Å². The molecule has 0 aliphatic carbocycles. The highest BCUT2D eigenvalue weighted by Gasteiger charge is 2.36. The number of methoxy groups -OCH3 is 1. The highest BCUT2D eigenvalue weighted by molar-refractivity contribution is 7.92. The lowest BCUT2D eigenvalue weighted by Gasteiger charge is -2.32. The molecule has 0 spiro atoms. The maximum absolute atomic E-state index is 12.9. The van der Waals surface area contributed by atoms with Crippen molar-refractivity contribution in [3.05, 3.63) is 53.6 Å². The number of halogens is 1. The monoisotopic (exact) mass is 464 g/mol. The third kappa shape index (κ3) is 4.81. The van der Waals surface area contributed by atoms with E-state index in [1.807, 2.05) is 24.3 Å². The molecular weight excluding hydrogens is 440 g/mol. The van der Waals surface area contributed by atoms with Crippen LogP contribution >= 0.6 is 11.6 Å². The van der Waals surface area contributed by atoms with Crippen LogP contribution in [-0.4, -0.2) is 64.1 Å². The number of likely N-dealkylation sites (tertiary alicyclic amines) is 1. The van der Waals surface area contributed by atoms with Crippen molar-refractivity contribution in [3.63, 3.8) is 0 Å². The molecule has 31 heavy (non-hydrogen) atoms. The van der Waals surface area contributed by atoms with E-state index >= 15 is 0 Å². The fourth-order valence-electron chi connectivity index (χ4n) is 4.10. The lowest BCUT2D eigenvalue weighted by Crippen LogP contribution is -2.43. The molecule has 2 aliphatic heterocycles. The molecule has 9 heteroatoms. The normalized spacial score (nSPS) is 20.6. The number of piperidine rings is 1. The van der Waals surface area contributed by atoms with Gasteiger partial charge in [-0.15, -0.1) is 0 Å². The lowest BCUT2D eigenvalue weighted by atomic mass is 10.1. The van der Waals surface area contributed by atoms with Gasteiger partial charge in [-0.05, 0) is 74.5 Å². The van der Waals surface area contributed by atoms with E-state index in [0.717, 1.165) is 11.4 Å². The molecule has 2 fully saturated rings. The van der Waals surface area contributed by atoms with Gasteiger partial charge in [-0.3, -0.25) is 9.80 Å². The quantitative estimate of drug-likeness (QED) is 0.650. The molecule has 0 aromatic heterocycles. The predicted molar refractivity (Wildman–Crippen MR) is 119 cm³/mol. The summed E-state index contributed by atoms with van der Waals surface area (Å²) in [5.74, 6) is 0.726. The van der Waals surface area contributed by atoms with Crippen LogP contribution in [0, 0.1) is 0 Å². The Hall–Kier alpha value is -2.29. The first-order valence-corrected chi connectivity index (χ1v) is 12.1. The summed E-state index contributed by atoms with van der Waals surface area (Å²) < 4.78 is 36.5. The van der Waals surface area contributed by atoms with E-state index in [9.17, 15) is 13.2 Å². The molecule has 0 bridgehead atoms. The number of hydrogen-bond donors (Lipinski definition) is 0. The summed E-state index contributed by atoms with van der Waals surface area (Å²) >= 11 is 5.87. The van der Waals surface area contributed by atoms with E-state index in [-0.39, 0.29) is 12.2 Å². The number of anilines is 1. The molecule has 1 atom stereocenters. The molecule has 2 aromatic carbocycles. The van der Waals surface area contributed by atoms with Crippen LogP contribution in [0.5, 0.6) is 5.75 Å². The smallest absolute Gasteiger partial charge is 0.414 e. The summed E-state index contributed by atoms with van der Waals surface area (Å²) in [6, 6.07) is 13.6. The highest BCUT2D eigenvalue weighted by atomic mass is 35.5. The third-order valence-electron chi connectivity index (χ3n) is 5.84. The minimum atomic E-state index is -3.38. The van der Waals surface area contributed by atoms with Gasteiger partial charge in [-0.25, -0.2) is 13.2 Å². The first-order chi connectivity index (χ1) is 14.9. The Morgan fingerprint density at radius 1 is 1.06 bits per heavy atom. The second-order valence-corrected chi connectivity index (χ2v) is 10.5. The molecule has 0 radical (unpaired) electrons. The van der Waals surface area contributed by atoms with E-state index in [1.54, 1.807) is 36.3 Å². The first kappa shape index (κ1) is 21.9. The van der Waals surface area contributed by atoms with Crippen LogP contribution in [0.4, 0.5) is 10.5 Å². The molecule has 7 nitrogen and oxygen atoms in total. The summed E-state index contributed by atoms with van der Waals surface area (Å²) in [7, 11) is -1.78. The van der Waals surface area contributed by atoms with E-state index in [4.69, 9.17) is 21.1 Å². The SMILES string of the molecule is COc1ccc(N2CC(CN3CCC(S(=O)(=O)c4ccc(Cl)cc4)CC3)OC2=O)cc1. The Morgan fingerprint density at radius 2 is 1.71 bits per heavy atom. The Kier molecular flexibility index (Phi) is 6.41. The predicted octanol–water partition coefficient (Wildman–Crippen LogP) is 3.61. The molecule has 2 aliphatic rings. The van der Waals surface area contributed by atoms with E-state index in [2.05, 4.69) is 4.90 Å². The Labute approximate surface area is 187 Å². The largest absolute Gasteiger partial charge is 0.497 e. The number of ether oxygens (including phenoxy) is 2. The van der Waals surface area contributed by atoms with Crippen molar-refractivity contribution in [3.8, 4) is 5.75 Å². The highest BCUT2D eigenvalue weighted by Crippen LogP contribution is 2.28. The van der Waals surface area contributed by atoms with Crippen LogP contribution in [0.2, 0.25) is 5.02 Å². The molecule has 0 N–H and O–H groups in total. The van der Waals surface area contributed by atoms with Crippen molar-refractivity contribution in [2.75, 3.05) is 38.2 Å². The average molecular weight is 465 g/mol. The molecule has 1 unspecified atom stereocenters. The minimum absolute atomic E-state index is 0.251. The van der Waals surface area contributed by atoms with Crippen molar-refractivity contribution < 1.29 is 22.7 Å². The van der Waals surface area contributed by atoms with Gasteiger partial charge in [-0.2, -0.15) is 0 Å². The molecule has 4 rings (SSSR count). The lowest BCUT2D eigenvalue weighted by molar-refractivity contribution is 0.101. The summed E-state index contributed by atoms with van der Waals surface area (Å²) in [4.78, 5) is 16.4. The summed E-state index contributed by atoms with van der Waals surface area (Å²) in [5.41, 5.74) is 0.765. The van der Waals surface area contributed by atoms with E-state index in [0.29, 0.717) is 48.9 Å². The zero-order valence-electron chi connectivity index (χ0n) is 17.2. The number of carbonyl (C=O) groups is 1. The van der Waals surface area contributed by atoms with Crippen molar-refractivity contribution in [1.82, 2.24) is 4.90 Å². The standard InChI is InChI=1S/C22H25ClN2O5S/c1-29-18-6-4-17(5-7-18)25-15-19(30-22(25)26)14-24-12-10-21(11-13-24)31(27,28)20-8-2-16(23)3-9-20/h2-9,19,21H,10-15H2,1H3. The molecule has 166 valence electrons. The maximum atomic E-state index is 12.9. The molecule has 2 heterocycles. The van der Waals surface area contributed by atoms with Gasteiger partial charge in [0.05, 0.1) is 23.8 Å². The first-order valence-electron chi connectivity index (χ1n) is 10.2. The Bertz CT molecular complexity index is 1020. The molecular formula is C22H25ClN2O5S. The van der Waals surface area contributed by atoms with Gasteiger partial charge in [0.15, 0.2) is 9.84 Å². The van der Waals surface area contributed by atoms with Gasteiger partial charge in [0.2, 0.25) is 0 Å². The molecule has 0 saturated carbocycles. The number of cyclic esters (lactones) is 1. The fourth-order valence-corrected chi connectivity index (χ4v) is 5.95. The van der Waals surface area contributed by atoms with E-state index < -0.39 is 15.1 Å². The average Bonchev–Trinajstić information content (AvgIpc) is 3.14. The second kappa shape index (κ2) is 9.06. The summed E-state index contributed by atoms with van der Waals surface area (Å²) in [6.07, 6.45) is 0.483. The number of carbonyl (C=O) groups excluding carboxylic acids is 1. The number of hydrogen-bond acceptors (Lipinski definition) is 6. The van der Waals surface area contributed by atoms with Crippen molar-refractivity contribution in [1.29, 1.82) is 0 Å². The van der Waals surface area contributed by atoms with Crippen molar-refractivity contribution in [2.45, 2.75) is 29.1 Å². The van der Waals surface area contributed by atoms with Crippen LogP contribution < -0.4 is 9.64 Å². The summed E-state index contributed by atoms with van der Waals surface area (Å²) in [6.45, 7) is 2.35. The number of amides is 1. The van der Waals surface area contributed by atoms with Gasteiger partial charge >= 0.3 is 6.09 Å². The molecule has 2 aromatic rings. The molecule has 1 amide bonds. The van der Waals surface area contributed by atoms with Crippen LogP contribution in [0.1, 0.15) is 12.8 Å². The zero-order valence-corrected chi connectivity index (χ0v) is 18.8. The third-order valence-corrected chi connectivity index (χ3v) is 8.37. The van der Waals surface area contributed by atoms with Crippen LogP contribution in [0.3, 0.4) is 0 Å². The van der Waals surface area contributed by atoms with E-state index in [1.165, 1.54) is 0 Å². The summed E-state index contributed by atoms with van der Waals surface area (Å²) in [5, 5.41) is 0.107. The topological polar surface area (TPSA) is 76.2 Å². The van der Waals surface area contributed by atoms with Gasteiger partial charge in [0, 0.05) is 17.3 Å². The number of sulfone groups is 1. The van der Waals surface area contributed by atoms with Gasteiger partial charge in [-0.1, -0.05) is 11.6 Å². The minimum Gasteiger partial charge on any atom is -0.497 e. The fraction of sp³-hybridized carbons (Fsp3) is 0.409. The van der Waals surface area contributed by atoms with Crippen LogP contribution in [-0.2, 0) is 14.6 Å². The Balaban J connectivity index is 1.32. The van der Waals surface area contributed by atoms with Gasteiger partial charge < -0.3 is 9.47 Å². The van der Waals surface area contributed by atoms with Crippen molar-refractivity contribution >= 4 is 33.2 Å². The second-order valence-electron chi connectivity index (χ2n) is 7.81. The number of benzene rings is 2. The number of nitrogens with zero attached hydrogens (tertiary/aromatic N) is 2. The molecule has 2 saturated heterocycles. The van der Waals surface area contributed by atoms with Gasteiger partial charge in [0.25, 0.3) is 0 Å². The van der Waals surface area contributed by atoms with Gasteiger partial charge in [0.1, 0.15) is 11.9 Å². The van der Waals surface area contributed by atoms with Crippen molar-refractivity contribution in [2.24, 2.45) is 0 Å². The maximum Gasteiger partial charge on any atom is 0.414 e. The number of rotatable bonds is 6. The van der Waals surface area contributed by atoms with Crippen LogP contribution in [0.25, 0.3) is 0 Å².